The molecule has 1 heterocycles. The fourth-order valence-corrected chi connectivity index (χ4v) is 0.787. The highest BCUT2D eigenvalue weighted by molar-refractivity contribution is 4.51. The van der Waals surface area contributed by atoms with Crippen LogP contribution >= 0.6 is 0 Å². The van der Waals surface area contributed by atoms with Crippen LogP contribution in [0.4, 0.5) is 0 Å². The van der Waals surface area contributed by atoms with Crippen LogP contribution < -0.4 is 0 Å². The molecule has 1 saturated heterocycles. The molecule has 0 aromatic rings. The van der Waals surface area contributed by atoms with Crippen LogP contribution in [0.5, 0.6) is 0 Å². The average molecular weight is 117 g/mol. The normalized spacial score (nSPS) is 22.1. The smallest absolute Gasteiger partial charge is 0.0698 e. The molecule has 0 atom stereocenters. The standard InChI is InChI=1S/C5H11NO2/c7-4-3-6-2-1-5-8-6/h7H,1-5H2. The molecule has 0 aromatic heterocycles. The van der Waals surface area contributed by atoms with Gasteiger partial charge in [0.2, 0.25) is 0 Å². The first kappa shape index (κ1) is 6.01. The quantitative estimate of drug-likeness (QED) is 0.535. The van der Waals surface area contributed by atoms with E-state index in [1.807, 2.05) is 0 Å². The largest absolute Gasteiger partial charge is 0.395 e. The zero-order valence-corrected chi connectivity index (χ0v) is 4.84. The van der Waals surface area contributed by atoms with E-state index in [4.69, 9.17) is 9.94 Å². The van der Waals surface area contributed by atoms with Gasteiger partial charge in [0, 0.05) is 13.1 Å². The van der Waals surface area contributed by atoms with Gasteiger partial charge >= 0.3 is 0 Å². The molecule has 1 rings (SSSR count). The summed E-state index contributed by atoms with van der Waals surface area (Å²) in [5.41, 5.74) is 0. The lowest BCUT2D eigenvalue weighted by Gasteiger charge is -2.09. The van der Waals surface area contributed by atoms with Gasteiger partial charge < -0.3 is 5.11 Å². The molecule has 3 nitrogen and oxygen atoms in total. The van der Waals surface area contributed by atoms with Crippen LogP contribution in [0.2, 0.25) is 0 Å². The van der Waals surface area contributed by atoms with Gasteiger partial charge in [-0.15, -0.1) is 0 Å². The van der Waals surface area contributed by atoms with Crippen LogP contribution in [-0.4, -0.2) is 36.5 Å². The highest BCUT2D eigenvalue weighted by Crippen LogP contribution is 2.01. The third-order valence-corrected chi connectivity index (χ3v) is 1.18. The Labute approximate surface area is 48.8 Å². The van der Waals surface area contributed by atoms with Gasteiger partial charge in [-0.05, 0) is 6.42 Å². The van der Waals surface area contributed by atoms with E-state index in [1.165, 1.54) is 0 Å². The van der Waals surface area contributed by atoms with E-state index in [1.54, 1.807) is 5.06 Å². The van der Waals surface area contributed by atoms with Gasteiger partial charge in [-0.1, -0.05) is 0 Å². The van der Waals surface area contributed by atoms with E-state index in [-0.39, 0.29) is 6.61 Å². The number of rotatable bonds is 2. The molecule has 0 radical (unpaired) electrons. The zero-order valence-electron chi connectivity index (χ0n) is 4.84. The molecular formula is C5H11NO2. The number of aliphatic hydroxyl groups is 1. The van der Waals surface area contributed by atoms with Crippen molar-refractivity contribution >= 4 is 0 Å². The summed E-state index contributed by atoms with van der Waals surface area (Å²) >= 11 is 0. The minimum absolute atomic E-state index is 0.194. The molecule has 1 aliphatic rings. The molecule has 0 aliphatic carbocycles. The van der Waals surface area contributed by atoms with Crippen LogP contribution in [0.1, 0.15) is 6.42 Å². The molecular weight excluding hydrogens is 106 g/mol. The summed E-state index contributed by atoms with van der Waals surface area (Å²) in [5, 5.41) is 10.2. The van der Waals surface area contributed by atoms with Crippen molar-refractivity contribution in [3.05, 3.63) is 0 Å². The second kappa shape index (κ2) is 3.02. The Morgan fingerprint density at radius 3 is 3.00 bits per heavy atom. The fraction of sp³-hybridized carbons (Fsp3) is 1.00. The maximum Gasteiger partial charge on any atom is 0.0698 e. The molecule has 0 amide bonds. The minimum atomic E-state index is 0.194. The Bertz CT molecular complexity index is 61.4. The van der Waals surface area contributed by atoms with Crippen molar-refractivity contribution in [2.45, 2.75) is 6.42 Å². The van der Waals surface area contributed by atoms with Crippen molar-refractivity contribution in [2.24, 2.45) is 0 Å². The van der Waals surface area contributed by atoms with E-state index in [9.17, 15) is 0 Å². The Morgan fingerprint density at radius 2 is 2.50 bits per heavy atom. The van der Waals surface area contributed by atoms with Gasteiger partial charge in [-0.3, -0.25) is 4.84 Å². The molecule has 1 N–H and O–H groups in total. The van der Waals surface area contributed by atoms with Crippen molar-refractivity contribution in [1.29, 1.82) is 0 Å². The summed E-state index contributed by atoms with van der Waals surface area (Å²) in [6, 6.07) is 0. The Kier molecular flexibility index (Phi) is 2.27. The van der Waals surface area contributed by atoms with Crippen molar-refractivity contribution in [3.8, 4) is 0 Å². The molecule has 0 saturated carbocycles. The second-order valence-electron chi connectivity index (χ2n) is 1.84. The fourth-order valence-electron chi connectivity index (χ4n) is 0.787. The number of nitrogens with zero attached hydrogens (tertiary/aromatic N) is 1. The van der Waals surface area contributed by atoms with Crippen LogP contribution in [0.25, 0.3) is 0 Å². The first-order chi connectivity index (χ1) is 3.93. The SMILES string of the molecule is OCCN1CCCO1. The lowest BCUT2D eigenvalue weighted by atomic mass is 10.5. The van der Waals surface area contributed by atoms with Crippen molar-refractivity contribution in [2.75, 3.05) is 26.3 Å². The molecule has 0 aromatic carbocycles. The molecule has 0 bridgehead atoms. The zero-order chi connectivity index (χ0) is 5.82. The topological polar surface area (TPSA) is 32.7 Å². The van der Waals surface area contributed by atoms with Crippen LogP contribution in [0, 0.1) is 0 Å². The third kappa shape index (κ3) is 1.43. The van der Waals surface area contributed by atoms with Gasteiger partial charge in [-0.2, -0.15) is 5.06 Å². The first-order valence-electron chi connectivity index (χ1n) is 2.92. The van der Waals surface area contributed by atoms with Gasteiger partial charge in [-0.25, -0.2) is 0 Å². The van der Waals surface area contributed by atoms with Crippen LogP contribution in [0.3, 0.4) is 0 Å². The molecule has 1 aliphatic heterocycles. The minimum Gasteiger partial charge on any atom is -0.395 e. The Hall–Kier alpha value is -0.120. The Morgan fingerprint density at radius 1 is 1.62 bits per heavy atom. The van der Waals surface area contributed by atoms with Gasteiger partial charge in [0.05, 0.1) is 13.2 Å². The highest BCUT2D eigenvalue weighted by Gasteiger charge is 2.09. The number of aliphatic hydroxyl groups excluding tert-OH is 1. The van der Waals surface area contributed by atoms with E-state index in [2.05, 4.69) is 0 Å². The molecule has 8 heavy (non-hydrogen) atoms. The number of hydrogen-bond donors (Lipinski definition) is 1. The monoisotopic (exact) mass is 117 g/mol. The van der Waals surface area contributed by atoms with Crippen molar-refractivity contribution in [1.82, 2.24) is 5.06 Å². The van der Waals surface area contributed by atoms with Gasteiger partial charge in [0.1, 0.15) is 0 Å². The van der Waals surface area contributed by atoms with Crippen molar-refractivity contribution < 1.29 is 9.94 Å². The van der Waals surface area contributed by atoms with E-state index in [0.29, 0.717) is 6.54 Å². The summed E-state index contributed by atoms with van der Waals surface area (Å²) in [4.78, 5) is 5.07. The summed E-state index contributed by atoms with van der Waals surface area (Å²) in [7, 11) is 0. The second-order valence-corrected chi connectivity index (χ2v) is 1.84. The van der Waals surface area contributed by atoms with E-state index < -0.39 is 0 Å². The summed E-state index contributed by atoms with van der Waals surface area (Å²) < 4.78 is 0. The molecule has 3 heteroatoms. The number of hydroxylamine groups is 2. The number of hydrogen-bond acceptors (Lipinski definition) is 3. The van der Waals surface area contributed by atoms with E-state index in [0.717, 1.165) is 19.6 Å². The highest BCUT2D eigenvalue weighted by atomic mass is 16.7. The predicted molar refractivity (Wildman–Crippen MR) is 29.2 cm³/mol. The maximum atomic E-state index is 8.41. The molecule has 0 spiro atoms. The summed E-state index contributed by atoms with van der Waals surface area (Å²) in [6.45, 7) is 2.64. The lowest BCUT2D eigenvalue weighted by Crippen LogP contribution is -2.21. The summed E-state index contributed by atoms with van der Waals surface area (Å²) in [6.07, 6.45) is 1.10. The average Bonchev–Trinajstić information content (AvgIpc) is 2.19. The predicted octanol–water partition coefficient (Wildman–Crippen LogP) is -0.384. The van der Waals surface area contributed by atoms with E-state index >= 15 is 0 Å². The summed E-state index contributed by atoms with van der Waals surface area (Å²) in [5.74, 6) is 0. The van der Waals surface area contributed by atoms with Gasteiger partial charge in [0.15, 0.2) is 0 Å². The molecule has 48 valence electrons. The first-order valence-corrected chi connectivity index (χ1v) is 2.92. The van der Waals surface area contributed by atoms with Crippen LogP contribution in [0.15, 0.2) is 0 Å². The third-order valence-electron chi connectivity index (χ3n) is 1.18. The van der Waals surface area contributed by atoms with Crippen molar-refractivity contribution in [3.63, 3.8) is 0 Å². The molecule has 1 fully saturated rings. The molecule has 0 unspecified atom stereocenters. The lowest BCUT2D eigenvalue weighted by molar-refractivity contribution is -0.115. The maximum absolute atomic E-state index is 8.41. The Balaban J connectivity index is 2.06. The van der Waals surface area contributed by atoms with Crippen LogP contribution in [-0.2, 0) is 4.84 Å². The van der Waals surface area contributed by atoms with Gasteiger partial charge in [0.25, 0.3) is 0 Å². The number of β-amino-alcohol motifs (C(OH)–C–C–N with tert-alkyl or cyclic N) is 1.